The Bertz CT molecular complexity index is 416. The van der Waals surface area contributed by atoms with Crippen LogP contribution in [0.15, 0.2) is 28.7 Å². The zero-order valence-corrected chi connectivity index (χ0v) is 10.6. The highest BCUT2D eigenvalue weighted by molar-refractivity contribution is 9.10. The topological polar surface area (TPSA) is 20.3 Å². The van der Waals surface area contributed by atoms with Crippen LogP contribution in [0.1, 0.15) is 25.7 Å². The van der Waals surface area contributed by atoms with Gasteiger partial charge in [0.05, 0.1) is 5.69 Å². The van der Waals surface area contributed by atoms with Gasteiger partial charge in [0.15, 0.2) is 0 Å². The van der Waals surface area contributed by atoms with Crippen molar-refractivity contribution in [1.82, 2.24) is 0 Å². The van der Waals surface area contributed by atoms with Crippen molar-refractivity contribution in [2.45, 2.75) is 37.8 Å². The lowest BCUT2D eigenvalue weighted by Gasteiger charge is -2.36. The molecule has 0 saturated carbocycles. The number of Topliss-reactive ketones (excluding diaryl/α,β-unsaturated/α-hetero) is 1. The summed E-state index contributed by atoms with van der Waals surface area (Å²) in [7, 11) is 0. The molecular weight excluding hydrogens is 266 g/mol. The van der Waals surface area contributed by atoms with Gasteiger partial charge in [-0.3, -0.25) is 4.79 Å². The molecule has 3 heteroatoms. The van der Waals surface area contributed by atoms with E-state index in [1.807, 2.05) is 6.07 Å². The molecule has 0 aromatic heterocycles. The lowest BCUT2D eigenvalue weighted by Crippen LogP contribution is -2.43. The zero-order valence-electron chi connectivity index (χ0n) is 9.03. The second-order valence-electron chi connectivity index (χ2n) is 4.69. The Morgan fingerprint density at radius 2 is 1.75 bits per heavy atom. The molecule has 16 heavy (non-hydrogen) atoms. The van der Waals surface area contributed by atoms with E-state index in [2.05, 4.69) is 39.0 Å². The van der Waals surface area contributed by atoms with E-state index >= 15 is 0 Å². The molecule has 0 amide bonds. The summed E-state index contributed by atoms with van der Waals surface area (Å²) >= 11 is 3.60. The van der Waals surface area contributed by atoms with Crippen molar-refractivity contribution >= 4 is 27.4 Å². The number of carbonyl (C=O) groups excluding carboxylic acids is 1. The van der Waals surface area contributed by atoms with Gasteiger partial charge in [0.2, 0.25) is 0 Å². The third-order valence-corrected chi connectivity index (χ3v) is 4.35. The molecule has 3 rings (SSSR count). The Morgan fingerprint density at radius 1 is 1.12 bits per heavy atom. The van der Waals surface area contributed by atoms with Crippen LogP contribution >= 0.6 is 15.9 Å². The molecule has 1 aromatic rings. The van der Waals surface area contributed by atoms with E-state index in [4.69, 9.17) is 0 Å². The highest BCUT2D eigenvalue weighted by Gasteiger charge is 2.40. The number of rotatable bonds is 1. The molecule has 2 unspecified atom stereocenters. The van der Waals surface area contributed by atoms with E-state index in [1.165, 1.54) is 5.69 Å². The summed E-state index contributed by atoms with van der Waals surface area (Å²) in [6.07, 6.45) is 3.80. The maximum atomic E-state index is 11.5. The molecule has 2 heterocycles. The Balaban J connectivity index is 1.97. The molecule has 0 aliphatic carbocycles. The van der Waals surface area contributed by atoms with Gasteiger partial charge in [-0.1, -0.05) is 12.1 Å². The number of hydrogen-bond acceptors (Lipinski definition) is 2. The molecule has 2 nitrogen and oxygen atoms in total. The van der Waals surface area contributed by atoms with Crippen LogP contribution in [0, 0.1) is 0 Å². The number of nitrogens with zero attached hydrogens (tertiary/aromatic N) is 1. The van der Waals surface area contributed by atoms with Crippen LogP contribution in [0.4, 0.5) is 5.69 Å². The molecule has 1 aromatic carbocycles. The molecule has 2 bridgehead atoms. The van der Waals surface area contributed by atoms with Crippen LogP contribution < -0.4 is 4.90 Å². The van der Waals surface area contributed by atoms with Gasteiger partial charge >= 0.3 is 0 Å². The zero-order chi connectivity index (χ0) is 11.1. The molecule has 0 radical (unpaired) electrons. The monoisotopic (exact) mass is 279 g/mol. The van der Waals surface area contributed by atoms with Crippen LogP contribution in [0.25, 0.3) is 0 Å². The number of hydrogen-bond donors (Lipinski definition) is 0. The SMILES string of the molecule is O=C1CC2CCC(C1)N2c1ccccc1Br. The van der Waals surface area contributed by atoms with E-state index in [1.54, 1.807) is 0 Å². The fourth-order valence-electron chi connectivity index (χ4n) is 3.03. The Hall–Kier alpha value is -0.830. The molecular formula is C13H14BrNO. The van der Waals surface area contributed by atoms with E-state index in [-0.39, 0.29) is 0 Å². The fraction of sp³-hybridized carbons (Fsp3) is 0.462. The summed E-state index contributed by atoms with van der Waals surface area (Å²) in [6.45, 7) is 0. The van der Waals surface area contributed by atoms with Crippen molar-refractivity contribution in [3.05, 3.63) is 28.7 Å². The quantitative estimate of drug-likeness (QED) is 0.787. The van der Waals surface area contributed by atoms with Gasteiger partial charge in [-0.2, -0.15) is 0 Å². The average molecular weight is 280 g/mol. The van der Waals surface area contributed by atoms with Crippen molar-refractivity contribution in [2.75, 3.05) is 4.90 Å². The Morgan fingerprint density at radius 3 is 2.38 bits per heavy atom. The largest absolute Gasteiger partial charge is 0.364 e. The number of benzene rings is 1. The van der Waals surface area contributed by atoms with Gasteiger partial charge in [-0.05, 0) is 40.9 Å². The molecule has 2 atom stereocenters. The van der Waals surface area contributed by atoms with Crippen molar-refractivity contribution in [3.8, 4) is 0 Å². The Labute approximate surface area is 104 Å². The molecule has 0 N–H and O–H groups in total. The Kier molecular flexibility index (Phi) is 2.51. The van der Waals surface area contributed by atoms with E-state index < -0.39 is 0 Å². The van der Waals surface area contributed by atoms with Gasteiger partial charge in [0.25, 0.3) is 0 Å². The summed E-state index contributed by atoms with van der Waals surface area (Å²) < 4.78 is 1.14. The molecule has 84 valence electrons. The minimum atomic E-state index is 0.435. The van der Waals surface area contributed by atoms with Crippen LogP contribution in [-0.2, 0) is 4.79 Å². The molecule has 2 saturated heterocycles. The number of carbonyl (C=O) groups is 1. The predicted octanol–water partition coefficient (Wildman–Crippen LogP) is 3.15. The van der Waals surface area contributed by atoms with Crippen LogP contribution in [0.3, 0.4) is 0 Å². The molecule has 2 fully saturated rings. The highest BCUT2D eigenvalue weighted by Crippen LogP contribution is 2.40. The molecule has 2 aliphatic heterocycles. The summed E-state index contributed by atoms with van der Waals surface area (Å²) in [4.78, 5) is 14.0. The van der Waals surface area contributed by atoms with Gasteiger partial charge in [-0.25, -0.2) is 0 Å². The third-order valence-electron chi connectivity index (χ3n) is 3.68. The number of ketones is 1. The van der Waals surface area contributed by atoms with Crippen molar-refractivity contribution in [2.24, 2.45) is 0 Å². The number of halogens is 1. The maximum absolute atomic E-state index is 11.5. The molecule has 2 aliphatic rings. The molecule has 0 spiro atoms. The number of anilines is 1. The smallest absolute Gasteiger partial charge is 0.137 e. The second kappa shape index (κ2) is 3.88. The first-order valence-corrected chi connectivity index (χ1v) is 6.59. The number of piperidine rings is 1. The second-order valence-corrected chi connectivity index (χ2v) is 5.54. The van der Waals surface area contributed by atoms with Gasteiger partial charge < -0.3 is 4.90 Å². The lowest BCUT2D eigenvalue weighted by atomic mass is 10.0. The van der Waals surface area contributed by atoms with Gasteiger partial charge in [0.1, 0.15) is 5.78 Å². The van der Waals surface area contributed by atoms with E-state index in [9.17, 15) is 4.79 Å². The summed E-state index contributed by atoms with van der Waals surface area (Å²) in [5, 5.41) is 0. The normalized spacial score (nSPS) is 28.6. The number of para-hydroxylation sites is 1. The van der Waals surface area contributed by atoms with Gasteiger partial charge in [0, 0.05) is 29.4 Å². The summed E-state index contributed by atoms with van der Waals surface area (Å²) in [5.74, 6) is 0.441. The summed E-state index contributed by atoms with van der Waals surface area (Å²) in [6, 6.07) is 9.19. The standard InChI is InChI=1S/C13H14BrNO/c14-12-3-1-2-4-13(12)15-9-5-6-10(15)8-11(16)7-9/h1-4,9-10H,5-8H2. The number of fused-ring (bicyclic) bond motifs is 2. The predicted molar refractivity (Wildman–Crippen MR) is 67.7 cm³/mol. The van der Waals surface area contributed by atoms with Crippen molar-refractivity contribution in [3.63, 3.8) is 0 Å². The summed E-state index contributed by atoms with van der Waals surface area (Å²) in [5.41, 5.74) is 1.25. The first-order chi connectivity index (χ1) is 7.75. The lowest BCUT2D eigenvalue weighted by molar-refractivity contribution is -0.120. The van der Waals surface area contributed by atoms with Crippen LogP contribution in [0.2, 0.25) is 0 Å². The fourth-order valence-corrected chi connectivity index (χ4v) is 3.51. The minimum absolute atomic E-state index is 0.435. The van der Waals surface area contributed by atoms with Crippen LogP contribution in [-0.4, -0.2) is 17.9 Å². The highest BCUT2D eigenvalue weighted by atomic mass is 79.9. The minimum Gasteiger partial charge on any atom is -0.364 e. The first-order valence-electron chi connectivity index (χ1n) is 5.80. The van der Waals surface area contributed by atoms with E-state index in [0.717, 1.165) is 30.2 Å². The maximum Gasteiger partial charge on any atom is 0.137 e. The average Bonchev–Trinajstić information content (AvgIpc) is 2.53. The van der Waals surface area contributed by atoms with Crippen LogP contribution in [0.5, 0.6) is 0 Å². The van der Waals surface area contributed by atoms with Crippen molar-refractivity contribution in [1.29, 1.82) is 0 Å². The van der Waals surface area contributed by atoms with Crippen molar-refractivity contribution < 1.29 is 4.79 Å². The first kappa shape index (κ1) is 10.3. The van der Waals surface area contributed by atoms with E-state index in [0.29, 0.717) is 17.9 Å². The third kappa shape index (κ3) is 1.58. The van der Waals surface area contributed by atoms with Gasteiger partial charge in [-0.15, -0.1) is 0 Å².